The lowest BCUT2D eigenvalue weighted by Crippen LogP contribution is -2.35. The summed E-state index contributed by atoms with van der Waals surface area (Å²) >= 11 is 0. The first-order chi connectivity index (χ1) is 8.58. The molecule has 0 radical (unpaired) electrons. The summed E-state index contributed by atoms with van der Waals surface area (Å²) in [5.74, 6) is -2.21. The van der Waals surface area contributed by atoms with Crippen LogP contribution in [0.3, 0.4) is 0 Å². The van der Waals surface area contributed by atoms with Gasteiger partial charge in [-0.25, -0.2) is 4.79 Å². The van der Waals surface area contributed by atoms with Crippen LogP contribution in [0.25, 0.3) is 0 Å². The van der Waals surface area contributed by atoms with Crippen LogP contribution in [0.5, 0.6) is 0 Å². The molecule has 1 aromatic heterocycles. The Morgan fingerprint density at radius 1 is 1.56 bits per heavy atom. The second kappa shape index (κ2) is 6.72. The molecule has 2 N–H and O–H groups in total. The minimum absolute atomic E-state index is 0.0975. The first-order valence-electron chi connectivity index (χ1n) is 5.08. The van der Waals surface area contributed by atoms with Gasteiger partial charge in [-0.3, -0.25) is 4.79 Å². The first-order valence-corrected chi connectivity index (χ1v) is 5.08. The summed E-state index contributed by atoms with van der Waals surface area (Å²) in [7, 11) is 3.01. The van der Waals surface area contributed by atoms with Crippen LogP contribution in [0.2, 0.25) is 0 Å². The molecule has 8 heteroatoms. The van der Waals surface area contributed by atoms with Crippen LogP contribution in [0.15, 0.2) is 10.6 Å². The monoisotopic (exact) mass is 258 g/mol. The molecular formula is C10H14N2O6. The third-order valence-corrected chi connectivity index (χ3v) is 2.13. The fraction of sp³-hybridized carbons (Fsp3) is 0.500. The number of aromatic carboxylic acids is 1. The Hall–Kier alpha value is -1.93. The maximum Gasteiger partial charge on any atom is 0.374 e. The lowest BCUT2D eigenvalue weighted by atomic mass is 10.3. The molecule has 1 atom stereocenters. The van der Waals surface area contributed by atoms with Crippen molar-refractivity contribution >= 4 is 11.9 Å². The number of nitrogens with one attached hydrogen (secondary N) is 1. The van der Waals surface area contributed by atoms with Crippen LogP contribution < -0.4 is 5.32 Å². The number of amides is 1. The lowest BCUT2D eigenvalue weighted by molar-refractivity contribution is 0.0284. The molecule has 0 aliphatic carbocycles. The van der Waals surface area contributed by atoms with Crippen molar-refractivity contribution in [2.45, 2.75) is 6.10 Å². The molecule has 0 fully saturated rings. The number of carboxylic acid groups (broad SMARTS) is 1. The second-order valence-electron chi connectivity index (χ2n) is 3.40. The molecule has 8 nitrogen and oxygen atoms in total. The van der Waals surface area contributed by atoms with Gasteiger partial charge in [-0.15, -0.1) is 0 Å². The molecule has 1 amide bonds. The molecule has 1 heterocycles. The molecule has 0 spiro atoms. The molecule has 1 rings (SSSR count). The summed E-state index contributed by atoms with van der Waals surface area (Å²) < 4.78 is 14.4. The van der Waals surface area contributed by atoms with Crippen molar-refractivity contribution in [1.82, 2.24) is 10.5 Å². The highest BCUT2D eigenvalue weighted by Crippen LogP contribution is 2.03. The van der Waals surface area contributed by atoms with Crippen molar-refractivity contribution in [3.8, 4) is 0 Å². The molecule has 0 aliphatic heterocycles. The molecule has 0 aromatic carbocycles. The largest absolute Gasteiger partial charge is 0.475 e. The van der Waals surface area contributed by atoms with Gasteiger partial charge in [-0.1, -0.05) is 5.16 Å². The van der Waals surface area contributed by atoms with Crippen molar-refractivity contribution in [3.05, 3.63) is 17.5 Å². The highest BCUT2D eigenvalue weighted by Gasteiger charge is 2.17. The SMILES string of the molecule is COCC(CNC(=O)c1cc(C(=O)O)on1)OC. The molecule has 1 unspecified atom stereocenters. The van der Waals surface area contributed by atoms with Crippen molar-refractivity contribution in [3.63, 3.8) is 0 Å². The number of methoxy groups -OCH3 is 2. The van der Waals surface area contributed by atoms with E-state index in [-0.39, 0.29) is 24.1 Å². The zero-order valence-electron chi connectivity index (χ0n) is 10.0. The third kappa shape index (κ3) is 3.82. The smallest absolute Gasteiger partial charge is 0.374 e. The van der Waals surface area contributed by atoms with E-state index in [1.165, 1.54) is 14.2 Å². The molecule has 1 aromatic rings. The van der Waals surface area contributed by atoms with Gasteiger partial charge in [0.2, 0.25) is 5.76 Å². The maximum atomic E-state index is 11.6. The van der Waals surface area contributed by atoms with Crippen LogP contribution in [-0.4, -0.2) is 55.6 Å². The molecule has 0 aliphatic rings. The first kappa shape index (κ1) is 14.1. The van der Waals surface area contributed by atoms with Crippen molar-refractivity contribution in [2.75, 3.05) is 27.4 Å². The zero-order chi connectivity index (χ0) is 13.5. The summed E-state index contributed by atoms with van der Waals surface area (Å²) in [5.41, 5.74) is -0.0975. The Morgan fingerprint density at radius 3 is 2.78 bits per heavy atom. The zero-order valence-corrected chi connectivity index (χ0v) is 10.0. The Morgan fingerprint density at radius 2 is 2.28 bits per heavy atom. The number of rotatable bonds is 7. The number of hydrogen-bond donors (Lipinski definition) is 2. The molecule has 0 saturated heterocycles. The standard InChI is InChI=1S/C10H14N2O6/c1-16-5-6(17-2)4-11-9(13)7-3-8(10(14)15)18-12-7/h3,6H,4-5H2,1-2H3,(H,11,13)(H,14,15). The van der Waals surface area contributed by atoms with Crippen molar-refractivity contribution in [1.29, 1.82) is 0 Å². The number of ether oxygens (including phenoxy) is 2. The Balaban J connectivity index is 2.51. The highest BCUT2D eigenvalue weighted by atomic mass is 16.5. The number of hydrogen-bond acceptors (Lipinski definition) is 6. The lowest BCUT2D eigenvalue weighted by Gasteiger charge is -2.14. The van der Waals surface area contributed by atoms with Crippen LogP contribution in [0, 0.1) is 0 Å². The van der Waals surface area contributed by atoms with Gasteiger partial charge in [-0.05, 0) is 0 Å². The van der Waals surface area contributed by atoms with Gasteiger partial charge >= 0.3 is 5.97 Å². The van der Waals surface area contributed by atoms with E-state index in [0.29, 0.717) is 6.61 Å². The van der Waals surface area contributed by atoms with Gasteiger partial charge in [0.1, 0.15) is 0 Å². The summed E-state index contributed by atoms with van der Waals surface area (Å²) in [6.07, 6.45) is -0.287. The Labute approximate surface area is 103 Å². The van der Waals surface area contributed by atoms with E-state index >= 15 is 0 Å². The van der Waals surface area contributed by atoms with Crippen molar-refractivity contribution < 1.29 is 28.7 Å². The molecule has 0 bridgehead atoms. The number of carboxylic acids is 1. The minimum Gasteiger partial charge on any atom is -0.475 e. The van der Waals surface area contributed by atoms with Gasteiger partial charge in [0.25, 0.3) is 5.91 Å². The number of carbonyl (C=O) groups is 2. The van der Waals surface area contributed by atoms with Gasteiger partial charge in [0, 0.05) is 26.8 Å². The van der Waals surface area contributed by atoms with Gasteiger partial charge in [0.05, 0.1) is 12.7 Å². The average Bonchev–Trinajstić information content (AvgIpc) is 2.83. The third-order valence-electron chi connectivity index (χ3n) is 2.13. The fourth-order valence-electron chi connectivity index (χ4n) is 1.18. The van der Waals surface area contributed by atoms with Crippen LogP contribution >= 0.6 is 0 Å². The normalized spacial score (nSPS) is 12.1. The van der Waals surface area contributed by atoms with Gasteiger partial charge < -0.3 is 24.4 Å². The predicted octanol–water partition coefficient (Wildman–Crippen LogP) is -0.236. The van der Waals surface area contributed by atoms with E-state index in [4.69, 9.17) is 14.6 Å². The van der Waals surface area contributed by atoms with E-state index in [1.54, 1.807) is 0 Å². The van der Waals surface area contributed by atoms with E-state index in [0.717, 1.165) is 6.07 Å². The van der Waals surface area contributed by atoms with Crippen LogP contribution in [0.1, 0.15) is 21.0 Å². The minimum atomic E-state index is -1.28. The molecule has 100 valence electrons. The second-order valence-corrected chi connectivity index (χ2v) is 3.40. The summed E-state index contributed by atoms with van der Waals surface area (Å²) in [6.45, 7) is 0.550. The molecule has 0 saturated carbocycles. The maximum absolute atomic E-state index is 11.6. The summed E-state index contributed by atoms with van der Waals surface area (Å²) in [6, 6.07) is 1.05. The fourth-order valence-corrected chi connectivity index (χ4v) is 1.18. The van der Waals surface area contributed by atoms with Crippen LogP contribution in [-0.2, 0) is 9.47 Å². The highest BCUT2D eigenvalue weighted by molar-refractivity contribution is 5.94. The van der Waals surface area contributed by atoms with E-state index in [2.05, 4.69) is 15.0 Å². The average molecular weight is 258 g/mol. The van der Waals surface area contributed by atoms with Crippen LogP contribution in [0.4, 0.5) is 0 Å². The molecular weight excluding hydrogens is 244 g/mol. The van der Waals surface area contributed by atoms with E-state index in [1.807, 2.05) is 0 Å². The van der Waals surface area contributed by atoms with E-state index < -0.39 is 11.9 Å². The molecule has 18 heavy (non-hydrogen) atoms. The summed E-state index contributed by atoms with van der Waals surface area (Å²) in [5, 5.41) is 14.5. The Kier molecular flexibility index (Phi) is 5.28. The Bertz CT molecular complexity index is 416. The van der Waals surface area contributed by atoms with Crippen molar-refractivity contribution in [2.24, 2.45) is 0 Å². The predicted molar refractivity (Wildman–Crippen MR) is 58.5 cm³/mol. The topological polar surface area (TPSA) is 111 Å². The summed E-state index contributed by atoms with van der Waals surface area (Å²) in [4.78, 5) is 22.1. The van der Waals surface area contributed by atoms with Gasteiger partial charge in [-0.2, -0.15) is 0 Å². The number of nitrogens with zero attached hydrogens (tertiary/aromatic N) is 1. The van der Waals surface area contributed by atoms with E-state index in [9.17, 15) is 9.59 Å². The quantitative estimate of drug-likeness (QED) is 0.694. The number of aromatic nitrogens is 1. The number of carbonyl (C=O) groups excluding carboxylic acids is 1. The van der Waals surface area contributed by atoms with Gasteiger partial charge in [0.15, 0.2) is 5.69 Å².